The molecule has 0 aliphatic carbocycles. The second-order valence-electron chi connectivity index (χ2n) is 2.31. The van der Waals surface area contributed by atoms with Crippen LogP contribution in [0.3, 0.4) is 0 Å². The van der Waals surface area contributed by atoms with E-state index in [0.29, 0.717) is 5.01 Å². The SMILES string of the molecule is O=c1[nH]nc(-c2cncc(I)c2)s1. The molecular formula is C7H4IN3OS. The van der Waals surface area contributed by atoms with Gasteiger partial charge in [0.25, 0.3) is 0 Å². The largest absolute Gasteiger partial charge is 0.322 e. The summed E-state index contributed by atoms with van der Waals surface area (Å²) in [5, 5.41) is 6.91. The van der Waals surface area contributed by atoms with E-state index in [1.54, 1.807) is 12.4 Å². The number of nitrogens with zero attached hydrogens (tertiary/aromatic N) is 2. The number of aromatic nitrogens is 3. The van der Waals surface area contributed by atoms with E-state index in [1.807, 2.05) is 6.07 Å². The minimum atomic E-state index is -0.145. The summed E-state index contributed by atoms with van der Waals surface area (Å²) >= 11 is 3.25. The van der Waals surface area contributed by atoms with E-state index in [9.17, 15) is 4.79 Å². The lowest BCUT2D eigenvalue weighted by atomic mass is 10.3. The van der Waals surface area contributed by atoms with E-state index >= 15 is 0 Å². The zero-order valence-corrected chi connectivity index (χ0v) is 9.29. The van der Waals surface area contributed by atoms with Gasteiger partial charge < -0.3 is 0 Å². The highest BCUT2D eigenvalue weighted by atomic mass is 127. The van der Waals surface area contributed by atoms with Gasteiger partial charge in [-0.25, -0.2) is 5.10 Å². The van der Waals surface area contributed by atoms with Crippen molar-refractivity contribution in [2.75, 3.05) is 0 Å². The highest BCUT2D eigenvalue weighted by Crippen LogP contribution is 2.18. The van der Waals surface area contributed by atoms with Crippen LogP contribution in [0.15, 0.2) is 23.3 Å². The first-order valence-corrected chi connectivity index (χ1v) is 5.31. The van der Waals surface area contributed by atoms with Crippen molar-refractivity contribution in [1.82, 2.24) is 15.2 Å². The van der Waals surface area contributed by atoms with Crippen LogP contribution < -0.4 is 4.87 Å². The average Bonchev–Trinajstić information content (AvgIpc) is 2.52. The molecule has 4 nitrogen and oxygen atoms in total. The number of aromatic amines is 1. The van der Waals surface area contributed by atoms with E-state index in [-0.39, 0.29) is 4.87 Å². The molecule has 0 aliphatic rings. The lowest BCUT2D eigenvalue weighted by Crippen LogP contribution is -1.90. The van der Waals surface area contributed by atoms with Crippen molar-refractivity contribution in [3.05, 3.63) is 31.7 Å². The molecule has 0 amide bonds. The van der Waals surface area contributed by atoms with Crippen molar-refractivity contribution in [3.8, 4) is 10.6 Å². The van der Waals surface area contributed by atoms with Gasteiger partial charge in [0.1, 0.15) is 5.01 Å². The zero-order valence-electron chi connectivity index (χ0n) is 6.32. The molecule has 0 atom stereocenters. The monoisotopic (exact) mass is 305 g/mol. The van der Waals surface area contributed by atoms with Crippen LogP contribution in [0.1, 0.15) is 0 Å². The van der Waals surface area contributed by atoms with E-state index in [2.05, 4.69) is 37.8 Å². The first-order chi connectivity index (χ1) is 6.25. The first-order valence-electron chi connectivity index (χ1n) is 3.42. The third kappa shape index (κ3) is 1.94. The summed E-state index contributed by atoms with van der Waals surface area (Å²) in [6.07, 6.45) is 3.44. The number of H-pyrrole nitrogens is 1. The molecule has 66 valence electrons. The predicted molar refractivity (Wildman–Crippen MR) is 58.7 cm³/mol. The molecule has 1 N–H and O–H groups in total. The molecular weight excluding hydrogens is 301 g/mol. The fourth-order valence-electron chi connectivity index (χ4n) is 0.882. The lowest BCUT2D eigenvalue weighted by molar-refractivity contribution is 1.06. The Bertz CT molecular complexity index is 478. The number of rotatable bonds is 1. The Labute approximate surface area is 91.2 Å². The van der Waals surface area contributed by atoms with Gasteiger partial charge in [0, 0.05) is 21.5 Å². The minimum absolute atomic E-state index is 0.145. The smallest absolute Gasteiger partial charge is 0.263 e. The number of hydrogen-bond acceptors (Lipinski definition) is 4. The van der Waals surface area contributed by atoms with Crippen molar-refractivity contribution in [2.45, 2.75) is 0 Å². The molecule has 2 aromatic heterocycles. The van der Waals surface area contributed by atoms with Crippen molar-refractivity contribution in [2.24, 2.45) is 0 Å². The maximum atomic E-state index is 10.8. The Kier molecular flexibility index (Phi) is 2.40. The Hall–Kier alpha value is -0.760. The van der Waals surface area contributed by atoms with Crippen LogP contribution in [0.5, 0.6) is 0 Å². The maximum Gasteiger partial charge on any atom is 0.322 e. The normalized spacial score (nSPS) is 10.2. The standard InChI is InChI=1S/C7H4IN3OS/c8-5-1-4(2-9-3-5)6-10-11-7(12)13-6/h1-3H,(H,11,12). The second-order valence-corrected chi connectivity index (χ2v) is 4.52. The molecule has 0 aliphatic heterocycles. The second kappa shape index (κ2) is 3.54. The van der Waals surface area contributed by atoms with E-state index in [4.69, 9.17) is 0 Å². The van der Waals surface area contributed by atoms with Crippen LogP contribution in [-0.2, 0) is 0 Å². The van der Waals surface area contributed by atoms with Gasteiger partial charge in [-0.05, 0) is 28.7 Å². The van der Waals surface area contributed by atoms with E-state index < -0.39 is 0 Å². The number of pyridine rings is 1. The van der Waals surface area contributed by atoms with Crippen molar-refractivity contribution < 1.29 is 0 Å². The highest BCUT2D eigenvalue weighted by molar-refractivity contribution is 14.1. The Morgan fingerprint density at radius 1 is 1.46 bits per heavy atom. The number of halogens is 1. The van der Waals surface area contributed by atoms with Gasteiger partial charge in [-0.3, -0.25) is 9.78 Å². The molecule has 0 fully saturated rings. The number of hydrogen-bond donors (Lipinski definition) is 1. The number of nitrogens with one attached hydrogen (secondary N) is 1. The lowest BCUT2D eigenvalue weighted by Gasteiger charge is -1.93. The van der Waals surface area contributed by atoms with Crippen LogP contribution in [-0.4, -0.2) is 15.2 Å². The summed E-state index contributed by atoms with van der Waals surface area (Å²) in [5.41, 5.74) is 0.871. The molecule has 2 heterocycles. The Balaban J connectivity index is 2.52. The molecule has 0 radical (unpaired) electrons. The molecule has 0 saturated carbocycles. The molecule has 6 heteroatoms. The first kappa shape index (κ1) is 8.82. The molecule has 0 aromatic carbocycles. The quantitative estimate of drug-likeness (QED) is 0.812. The van der Waals surface area contributed by atoms with Crippen molar-refractivity contribution in [1.29, 1.82) is 0 Å². The highest BCUT2D eigenvalue weighted by Gasteiger charge is 2.03. The van der Waals surface area contributed by atoms with Gasteiger partial charge in [0.05, 0.1) is 0 Å². The van der Waals surface area contributed by atoms with Crippen LogP contribution in [0.2, 0.25) is 0 Å². The summed E-state index contributed by atoms with van der Waals surface area (Å²) in [7, 11) is 0. The summed E-state index contributed by atoms with van der Waals surface area (Å²) in [6, 6.07) is 1.93. The van der Waals surface area contributed by atoms with Gasteiger partial charge in [-0.15, -0.1) is 0 Å². The minimum Gasteiger partial charge on any atom is -0.263 e. The molecule has 2 rings (SSSR count). The molecule has 0 bridgehead atoms. The molecule has 0 unspecified atom stereocenters. The predicted octanol–water partition coefficient (Wildman–Crippen LogP) is 1.50. The van der Waals surface area contributed by atoms with Crippen LogP contribution in [0.4, 0.5) is 0 Å². The van der Waals surface area contributed by atoms with E-state index in [0.717, 1.165) is 20.5 Å². The third-order valence-electron chi connectivity index (χ3n) is 1.39. The topological polar surface area (TPSA) is 58.6 Å². The fourth-order valence-corrected chi connectivity index (χ4v) is 1.97. The summed E-state index contributed by atoms with van der Waals surface area (Å²) in [4.78, 5) is 14.7. The Morgan fingerprint density at radius 3 is 2.92 bits per heavy atom. The molecule has 13 heavy (non-hydrogen) atoms. The Morgan fingerprint density at radius 2 is 2.31 bits per heavy atom. The maximum absolute atomic E-state index is 10.8. The molecule has 0 saturated heterocycles. The van der Waals surface area contributed by atoms with Crippen molar-refractivity contribution >= 4 is 33.9 Å². The van der Waals surface area contributed by atoms with E-state index in [1.165, 1.54) is 0 Å². The zero-order chi connectivity index (χ0) is 9.26. The average molecular weight is 305 g/mol. The summed E-state index contributed by atoms with van der Waals surface area (Å²) in [5.74, 6) is 0. The van der Waals surface area contributed by atoms with Crippen LogP contribution in [0.25, 0.3) is 10.6 Å². The van der Waals surface area contributed by atoms with Gasteiger partial charge in [-0.2, -0.15) is 5.10 Å². The molecule has 0 spiro atoms. The van der Waals surface area contributed by atoms with Gasteiger partial charge in [0.15, 0.2) is 0 Å². The summed E-state index contributed by atoms with van der Waals surface area (Å²) < 4.78 is 1.03. The molecule has 2 aromatic rings. The van der Waals surface area contributed by atoms with Crippen LogP contribution >= 0.6 is 33.9 Å². The third-order valence-corrected chi connectivity index (χ3v) is 2.78. The summed E-state index contributed by atoms with van der Waals surface area (Å²) in [6.45, 7) is 0. The fraction of sp³-hybridized carbons (Fsp3) is 0. The van der Waals surface area contributed by atoms with Crippen molar-refractivity contribution in [3.63, 3.8) is 0 Å². The van der Waals surface area contributed by atoms with Gasteiger partial charge >= 0.3 is 4.87 Å². The van der Waals surface area contributed by atoms with Crippen LogP contribution in [0, 0.1) is 3.57 Å². The van der Waals surface area contributed by atoms with Gasteiger partial charge in [-0.1, -0.05) is 11.3 Å². The van der Waals surface area contributed by atoms with Gasteiger partial charge in [0.2, 0.25) is 0 Å².